The van der Waals surface area contributed by atoms with Crippen LogP contribution in [-0.4, -0.2) is 41.8 Å². The molecule has 1 aromatic rings. The van der Waals surface area contributed by atoms with Crippen LogP contribution in [0, 0.1) is 0 Å². The second-order valence-electron chi connectivity index (χ2n) is 4.90. The summed E-state index contributed by atoms with van der Waals surface area (Å²) in [5, 5.41) is 18.2. The third kappa shape index (κ3) is 4.06. The Morgan fingerprint density at radius 3 is 2.40 bits per heavy atom. The molecule has 0 radical (unpaired) electrons. The van der Waals surface area contributed by atoms with Gasteiger partial charge in [-0.3, -0.25) is 0 Å². The summed E-state index contributed by atoms with van der Waals surface area (Å²) in [6, 6.07) is 0.968. The molecule has 0 fully saturated rings. The second-order valence-corrected chi connectivity index (χ2v) is 6.67. The van der Waals surface area contributed by atoms with E-state index in [1.165, 1.54) is 10.8 Å². The van der Waals surface area contributed by atoms with E-state index in [0.717, 1.165) is 6.07 Å². The maximum Gasteiger partial charge on any atom is 0.352 e. The van der Waals surface area contributed by atoms with E-state index in [1.54, 1.807) is 20.8 Å². The average molecular weight is 304 g/mol. The Kier molecular flexibility index (Phi) is 5.32. The van der Waals surface area contributed by atoms with Gasteiger partial charge in [0.15, 0.2) is 0 Å². The van der Waals surface area contributed by atoms with Gasteiger partial charge < -0.3 is 14.8 Å². The van der Waals surface area contributed by atoms with Crippen LogP contribution in [0.3, 0.4) is 0 Å². The summed E-state index contributed by atoms with van der Waals surface area (Å²) >= 11 is 0. The van der Waals surface area contributed by atoms with E-state index in [9.17, 15) is 13.2 Å². The molecule has 0 spiro atoms. The highest BCUT2D eigenvalue weighted by molar-refractivity contribution is 7.89. The predicted octanol–water partition coefficient (Wildman–Crippen LogP) is 0.816. The SMILES string of the molecule is CC(O)CCNS(=O)(=O)c1cc(C(=O)O)n(C(C)C)c1. The van der Waals surface area contributed by atoms with Crippen molar-refractivity contribution in [3.05, 3.63) is 18.0 Å². The Morgan fingerprint density at radius 1 is 1.40 bits per heavy atom. The molecule has 3 N–H and O–H groups in total. The van der Waals surface area contributed by atoms with Crippen molar-refractivity contribution < 1.29 is 23.4 Å². The van der Waals surface area contributed by atoms with E-state index in [2.05, 4.69) is 4.72 Å². The number of carboxylic acid groups (broad SMARTS) is 1. The minimum atomic E-state index is -3.77. The second kappa shape index (κ2) is 6.38. The molecule has 7 nitrogen and oxygen atoms in total. The average Bonchev–Trinajstić information content (AvgIpc) is 2.73. The first-order valence-corrected chi connectivity index (χ1v) is 7.76. The van der Waals surface area contributed by atoms with Gasteiger partial charge in [-0.25, -0.2) is 17.9 Å². The molecule has 8 heteroatoms. The summed E-state index contributed by atoms with van der Waals surface area (Å²) < 4.78 is 27.8. The van der Waals surface area contributed by atoms with Gasteiger partial charge in [0.25, 0.3) is 0 Å². The molecule has 0 aliphatic rings. The Balaban J connectivity index is 3.01. The number of aromatic carboxylic acids is 1. The smallest absolute Gasteiger partial charge is 0.352 e. The van der Waals surface area contributed by atoms with Gasteiger partial charge in [-0.15, -0.1) is 0 Å². The standard InChI is InChI=1S/C12H20N2O5S/c1-8(2)14-7-10(6-11(14)12(16)17)20(18,19)13-5-4-9(3)15/h6-9,13,15H,4-5H2,1-3H3,(H,16,17). The lowest BCUT2D eigenvalue weighted by Gasteiger charge is -2.09. The number of sulfonamides is 1. The number of nitrogens with zero attached hydrogens (tertiary/aromatic N) is 1. The van der Waals surface area contributed by atoms with Gasteiger partial charge in [0.1, 0.15) is 10.6 Å². The van der Waals surface area contributed by atoms with Crippen LogP contribution < -0.4 is 4.72 Å². The lowest BCUT2D eigenvalue weighted by atomic mass is 10.3. The highest BCUT2D eigenvalue weighted by Gasteiger charge is 2.22. The molecule has 0 saturated carbocycles. The topological polar surface area (TPSA) is 109 Å². The van der Waals surface area contributed by atoms with Crippen LogP contribution in [0.4, 0.5) is 0 Å². The van der Waals surface area contributed by atoms with Crippen molar-refractivity contribution >= 4 is 16.0 Å². The molecule has 1 atom stereocenters. The molecular formula is C12H20N2O5S. The molecule has 0 aliphatic heterocycles. The largest absolute Gasteiger partial charge is 0.477 e. The Labute approximate surface area is 118 Å². The normalized spacial score (nSPS) is 13.7. The summed E-state index contributed by atoms with van der Waals surface area (Å²) in [4.78, 5) is 11.0. The lowest BCUT2D eigenvalue weighted by molar-refractivity contribution is 0.0683. The highest BCUT2D eigenvalue weighted by Crippen LogP contribution is 2.19. The number of nitrogens with one attached hydrogen (secondary N) is 1. The number of hydrogen-bond donors (Lipinski definition) is 3. The zero-order valence-corrected chi connectivity index (χ0v) is 12.5. The van der Waals surface area contributed by atoms with Crippen molar-refractivity contribution in [2.75, 3.05) is 6.54 Å². The van der Waals surface area contributed by atoms with Crippen LogP contribution in [0.25, 0.3) is 0 Å². The van der Waals surface area contributed by atoms with Crippen LogP contribution in [-0.2, 0) is 10.0 Å². The van der Waals surface area contributed by atoms with Crippen molar-refractivity contribution in [1.29, 1.82) is 0 Å². The number of aliphatic hydroxyl groups excluding tert-OH is 1. The Hall–Kier alpha value is -1.38. The van der Waals surface area contributed by atoms with Crippen molar-refractivity contribution in [3.63, 3.8) is 0 Å². The van der Waals surface area contributed by atoms with E-state index >= 15 is 0 Å². The monoisotopic (exact) mass is 304 g/mol. The molecule has 1 heterocycles. The third-order valence-corrected chi connectivity index (χ3v) is 4.19. The van der Waals surface area contributed by atoms with Crippen LogP contribution >= 0.6 is 0 Å². The van der Waals surface area contributed by atoms with Crippen LogP contribution in [0.15, 0.2) is 17.2 Å². The van der Waals surface area contributed by atoms with Gasteiger partial charge in [0.05, 0.1) is 6.10 Å². The summed E-state index contributed by atoms with van der Waals surface area (Å²) in [7, 11) is -3.77. The van der Waals surface area contributed by atoms with Crippen molar-refractivity contribution in [2.24, 2.45) is 0 Å². The number of carbonyl (C=O) groups is 1. The molecule has 0 aromatic carbocycles. The van der Waals surface area contributed by atoms with E-state index in [0.29, 0.717) is 0 Å². The van der Waals surface area contributed by atoms with Gasteiger partial charge in [0.2, 0.25) is 10.0 Å². The first-order valence-electron chi connectivity index (χ1n) is 6.28. The first-order chi connectivity index (χ1) is 9.15. The first kappa shape index (κ1) is 16.7. The van der Waals surface area contributed by atoms with Crippen molar-refractivity contribution in [2.45, 2.75) is 44.2 Å². The number of aromatic nitrogens is 1. The van der Waals surface area contributed by atoms with Gasteiger partial charge >= 0.3 is 5.97 Å². The van der Waals surface area contributed by atoms with E-state index in [-0.39, 0.29) is 29.6 Å². The van der Waals surface area contributed by atoms with E-state index in [4.69, 9.17) is 10.2 Å². The number of carboxylic acids is 1. The predicted molar refractivity (Wildman–Crippen MR) is 73.3 cm³/mol. The minimum Gasteiger partial charge on any atom is -0.477 e. The fraction of sp³-hybridized carbons (Fsp3) is 0.583. The molecule has 20 heavy (non-hydrogen) atoms. The molecule has 0 bridgehead atoms. The van der Waals surface area contributed by atoms with Crippen molar-refractivity contribution in [3.8, 4) is 0 Å². The molecular weight excluding hydrogens is 284 g/mol. The lowest BCUT2D eigenvalue weighted by Crippen LogP contribution is -2.26. The maximum absolute atomic E-state index is 12.0. The zero-order chi connectivity index (χ0) is 15.5. The zero-order valence-electron chi connectivity index (χ0n) is 11.7. The number of rotatable bonds is 7. The summed E-state index contributed by atoms with van der Waals surface area (Å²) in [6.45, 7) is 5.19. The van der Waals surface area contributed by atoms with Crippen LogP contribution in [0.1, 0.15) is 43.7 Å². The third-order valence-electron chi connectivity index (χ3n) is 2.76. The molecule has 1 aromatic heterocycles. The van der Waals surface area contributed by atoms with Gasteiger partial charge in [-0.05, 0) is 33.3 Å². The highest BCUT2D eigenvalue weighted by atomic mass is 32.2. The number of aliphatic hydroxyl groups is 1. The van der Waals surface area contributed by atoms with Gasteiger partial charge in [0, 0.05) is 18.8 Å². The van der Waals surface area contributed by atoms with Crippen molar-refractivity contribution in [1.82, 2.24) is 9.29 Å². The van der Waals surface area contributed by atoms with Gasteiger partial charge in [-0.2, -0.15) is 0 Å². The molecule has 0 aliphatic carbocycles. The van der Waals surface area contributed by atoms with Crippen LogP contribution in [0.5, 0.6) is 0 Å². The maximum atomic E-state index is 12.0. The summed E-state index contributed by atoms with van der Waals surface area (Å²) in [6.07, 6.45) is 0.988. The van der Waals surface area contributed by atoms with E-state index in [1.807, 2.05) is 0 Å². The fourth-order valence-electron chi connectivity index (χ4n) is 1.69. The molecule has 114 valence electrons. The molecule has 0 amide bonds. The summed E-state index contributed by atoms with van der Waals surface area (Å²) in [5.74, 6) is -1.18. The quantitative estimate of drug-likeness (QED) is 0.691. The van der Waals surface area contributed by atoms with Crippen LogP contribution in [0.2, 0.25) is 0 Å². The Bertz CT molecular complexity index is 575. The fourth-order valence-corrected chi connectivity index (χ4v) is 2.76. The summed E-state index contributed by atoms with van der Waals surface area (Å²) in [5.41, 5.74) is -0.0732. The van der Waals surface area contributed by atoms with Gasteiger partial charge in [-0.1, -0.05) is 0 Å². The number of hydrogen-bond acceptors (Lipinski definition) is 4. The Morgan fingerprint density at radius 2 is 2.00 bits per heavy atom. The molecule has 1 unspecified atom stereocenters. The van der Waals surface area contributed by atoms with E-state index < -0.39 is 22.1 Å². The molecule has 0 saturated heterocycles. The minimum absolute atomic E-state index is 0.0732. The molecule has 1 rings (SSSR count).